The number of aromatic nitrogens is 3. The van der Waals surface area contributed by atoms with Crippen LogP contribution in [0.4, 0.5) is 5.69 Å². The summed E-state index contributed by atoms with van der Waals surface area (Å²) >= 11 is 0. The van der Waals surface area contributed by atoms with Gasteiger partial charge in [0.15, 0.2) is 5.69 Å². The van der Waals surface area contributed by atoms with Crippen LogP contribution >= 0.6 is 0 Å². The number of carbonyl (C=O) groups is 1. The number of nitrogens with two attached hydrogens (primary N) is 1. The lowest BCUT2D eigenvalue weighted by molar-refractivity contribution is 0.0691. The maximum atomic E-state index is 11.2. The van der Waals surface area contributed by atoms with E-state index in [1.807, 2.05) is 6.92 Å². The summed E-state index contributed by atoms with van der Waals surface area (Å²) in [7, 11) is 1.52. The van der Waals surface area contributed by atoms with Crippen molar-refractivity contribution in [1.82, 2.24) is 15.0 Å². The number of hydrogen-bond donors (Lipinski definition) is 2. The van der Waals surface area contributed by atoms with E-state index in [9.17, 15) is 4.79 Å². The summed E-state index contributed by atoms with van der Waals surface area (Å²) in [6, 6.07) is 5.06. The number of rotatable bonds is 4. The highest BCUT2D eigenvalue weighted by atomic mass is 16.5. The first-order chi connectivity index (χ1) is 9.08. The number of carboxylic acids is 1. The molecule has 0 spiro atoms. The van der Waals surface area contributed by atoms with E-state index in [1.165, 1.54) is 11.8 Å². The van der Waals surface area contributed by atoms with Crippen LogP contribution < -0.4 is 10.5 Å². The van der Waals surface area contributed by atoms with E-state index in [4.69, 9.17) is 15.6 Å². The number of anilines is 1. The Bertz CT molecular complexity index is 621. The van der Waals surface area contributed by atoms with Gasteiger partial charge in [0.05, 0.1) is 12.8 Å². The van der Waals surface area contributed by atoms with Gasteiger partial charge in [-0.1, -0.05) is 5.21 Å². The van der Waals surface area contributed by atoms with E-state index < -0.39 is 5.97 Å². The lowest BCUT2D eigenvalue weighted by Crippen LogP contribution is -2.04. The number of carboxylic acid groups (broad SMARTS) is 1. The van der Waals surface area contributed by atoms with Crippen LogP contribution in [0, 0.1) is 0 Å². The van der Waals surface area contributed by atoms with Gasteiger partial charge in [0.2, 0.25) is 0 Å². The summed E-state index contributed by atoms with van der Waals surface area (Å²) in [5, 5.41) is 16.6. The smallest absolute Gasteiger partial charge is 0.358 e. The molecule has 0 aliphatic heterocycles. The number of methoxy groups -OCH3 is 1. The third-order valence-corrected chi connectivity index (χ3v) is 2.74. The van der Waals surface area contributed by atoms with Crippen molar-refractivity contribution in [3.63, 3.8) is 0 Å². The molecular formula is C12H14N4O3. The van der Waals surface area contributed by atoms with E-state index in [0.717, 1.165) is 0 Å². The molecule has 0 amide bonds. The normalized spacial score (nSPS) is 10.4. The van der Waals surface area contributed by atoms with Crippen molar-refractivity contribution < 1.29 is 14.6 Å². The van der Waals surface area contributed by atoms with Crippen LogP contribution in [0.2, 0.25) is 0 Å². The first kappa shape index (κ1) is 12.9. The summed E-state index contributed by atoms with van der Waals surface area (Å²) in [6.45, 7) is 2.37. The van der Waals surface area contributed by atoms with Crippen molar-refractivity contribution in [1.29, 1.82) is 0 Å². The number of ether oxygens (including phenoxy) is 1. The Balaban J connectivity index is 2.60. The van der Waals surface area contributed by atoms with E-state index >= 15 is 0 Å². The van der Waals surface area contributed by atoms with Gasteiger partial charge in [-0.2, -0.15) is 0 Å². The molecule has 3 N–H and O–H groups in total. The average Bonchev–Trinajstić information content (AvgIpc) is 2.82. The number of hydrogen-bond acceptors (Lipinski definition) is 5. The Morgan fingerprint density at radius 1 is 1.53 bits per heavy atom. The first-order valence-electron chi connectivity index (χ1n) is 5.69. The van der Waals surface area contributed by atoms with E-state index in [1.54, 1.807) is 18.2 Å². The molecule has 0 saturated heterocycles. The van der Waals surface area contributed by atoms with Crippen LogP contribution in [0.15, 0.2) is 18.2 Å². The number of nitrogens with zero attached hydrogens (tertiary/aromatic N) is 3. The van der Waals surface area contributed by atoms with Crippen LogP contribution in [0.25, 0.3) is 11.3 Å². The second-order valence-corrected chi connectivity index (χ2v) is 3.86. The standard InChI is InChI=1S/C12H14N4O3/c1-3-16-11(10(12(17)18)14-15-16)7-4-5-9(19-2)8(13)6-7/h4-6H,3,13H2,1-2H3,(H,17,18). The summed E-state index contributed by atoms with van der Waals surface area (Å²) in [6.07, 6.45) is 0. The van der Waals surface area contributed by atoms with Gasteiger partial charge in [0.1, 0.15) is 11.4 Å². The highest BCUT2D eigenvalue weighted by Gasteiger charge is 2.20. The fourth-order valence-corrected chi connectivity index (χ4v) is 1.85. The monoisotopic (exact) mass is 262 g/mol. The van der Waals surface area contributed by atoms with E-state index in [2.05, 4.69) is 10.3 Å². The molecule has 1 heterocycles. The molecule has 0 aliphatic rings. The summed E-state index contributed by atoms with van der Waals surface area (Å²) in [5.74, 6) is -0.583. The van der Waals surface area contributed by atoms with Gasteiger partial charge in [-0.25, -0.2) is 9.48 Å². The summed E-state index contributed by atoms with van der Waals surface area (Å²) < 4.78 is 6.59. The number of benzene rings is 1. The van der Waals surface area contributed by atoms with Crippen molar-refractivity contribution in [2.75, 3.05) is 12.8 Å². The third-order valence-electron chi connectivity index (χ3n) is 2.74. The lowest BCUT2D eigenvalue weighted by atomic mass is 10.1. The molecule has 2 rings (SSSR count). The molecule has 100 valence electrons. The van der Waals surface area contributed by atoms with Crippen LogP contribution in [-0.4, -0.2) is 33.2 Å². The summed E-state index contributed by atoms with van der Waals surface area (Å²) in [4.78, 5) is 11.2. The van der Waals surface area contributed by atoms with E-state index in [-0.39, 0.29) is 5.69 Å². The van der Waals surface area contributed by atoms with Gasteiger partial charge in [0.25, 0.3) is 0 Å². The maximum Gasteiger partial charge on any atom is 0.358 e. The zero-order chi connectivity index (χ0) is 14.0. The topological polar surface area (TPSA) is 103 Å². The van der Waals surface area contributed by atoms with Crippen molar-refractivity contribution in [2.24, 2.45) is 0 Å². The zero-order valence-electron chi connectivity index (χ0n) is 10.6. The highest BCUT2D eigenvalue weighted by Crippen LogP contribution is 2.29. The molecule has 0 saturated carbocycles. The van der Waals surface area contributed by atoms with Crippen molar-refractivity contribution >= 4 is 11.7 Å². The molecule has 0 fully saturated rings. The Morgan fingerprint density at radius 2 is 2.26 bits per heavy atom. The van der Waals surface area contributed by atoms with Crippen LogP contribution in [0.3, 0.4) is 0 Å². The fraction of sp³-hybridized carbons (Fsp3) is 0.250. The van der Waals surface area contributed by atoms with Crippen LogP contribution in [-0.2, 0) is 6.54 Å². The molecule has 19 heavy (non-hydrogen) atoms. The minimum absolute atomic E-state index is 0.0913. The van der Waals surface area contributed by atoms with Crippen molar-refractivity contribution in [3.05, 3.63) is 23.9 Å². The third kappa shape index (κ3) is 2.22. The Kier molecular flexibility index (Phi) is 3.37. The average molecular weight is 262 g/mol. The molecular weight excluding hydrogens is 248 g/mol. The number of nitrogen functional groups attached to an aromatic ring is 1. The van der Waals surface area contributed by atoms with Crippen molar-refractivity contribution in [3.8, 4) is 17.0 Å². The number of aryl methyl sites for hydroxylation is 1. The Hall–Kier alpha value is -2.57. The van der Waals surface area contributed by atoms with Crippen LogP contribution in [0.1, 0.15) is 17.4 Å². The Labute approximate surface area is 109 Å². The lowest BCUT2D eigenvalue weighted by Gasteiger charge is -2.08. The molecule has 0 bridgehead atoms. The number of aromatic carboxylic acids is 1. The van der Waals surface area contributed by atoms with Gasteiger partial charge >= 0.3 is 5.97 Å². The van der Waals surface area contributed by atoms with Gasteiger partial charge < -0.3 is 15.6 Å². The first-order valence-corrected chi connectivity index (χ1v) is 5.69. The minimum atomic E-state index is -1.12. The predicted molar refractivity (Wildman–Crippen MR) is 69.1 cm³/mol. The molecule has 7 heteroatoms. The SMILES string of the molecule is CCn1nnc(C(=O)O)c1-c1ccc(OC)c(N)c1. The second-order valence-electron chi connectivity index (χ2n) is 3.86. The van der Waals surface area contributed by atoms with Gasteiger partial charge in [-0.05, 0) is 25.1 Å². The Morgan fingerprint density at radius 3 is 2.79 bits per heavy atom. The molecule has 0 atom stereocenters. The molecule has 1 aromatic carbocycles. The fourth-order valence-electron chi connectivity index (χ4n) is 1.85. The largest absolute Gasteiger partial charge is 0.495 e. The summed E-state index contributed by atoms with van der Waals surface area (Å²) in [5.41, 5.74) is 7.25. The predicted octanol–water partition coefficient (Wildman–Crippen LogP) is 1.25. The quantitative estimate of drug-likeness (QED) is 0.804. The molecule has 2 aromatic rings. The molecule has 0 unspecified atom stereocenters. The second kappa shape index (κ2) is 4.97. The van der Waals surface area contributed by atoms with Crippen molar-refractivity contribution in [2.45, 2.75) is 13.5 Å². The zero-order valence-corrected chi connectivity index (χ0v) is 10.6. The van der Waals surface area contributed by atoms with E-state index in [0.29, 0.717) is 29.2 Å². The molecule has 0 radical (unpaired) electrons. The minimum Gasteiger partial charge on any atom is -0.495 e. The van der Waals surface area contributed by atoms with Gasteiger partial charge in [0, 0.05) is 12.1 Å². The maximum absolute atomic E-state index is 11.2. The van der Waals surface area contributed by atoms with Crippen LogP contribution in [0.5, 0.6) is 5.75 Å². The van der Waals surface area contributed by atoms with Gasteiger partial charge in [-0.3, -0.25) is 0 Å². The highest BCUT2D eigenvalue weighted by molar-refractivity contribution is 5.93. The molecule has 1 aromatic heterocycles. The molecule has 0 aliphatic carbocycles. The molecule has 7 nitrogen and oxygen atoms in total. The van der Waals surface area contributed by atoms with Gasteiger partial charge in [-0.15, -0.1) is 5.10 Å².